The lowest BCUT2D eigenvalue weighted by Crippen LogP contribution is -2.41. The topological polar surface area (TPSA) is 136 Å². The number of hydrogen-bond donors (Lipinski definition) is 3. The zero-order valence-corrected chi connectivity index (χ0v) is 55.6. The van der Waals surface area contributed by atoms with Crippen molar-refractivity contribution in [3.63, 3.8) is 0 Å². The molecule has 10 aromatic carbocycles. The van der Waals surface area contributed by atoms with Gasteiger partial charge in [0, 0.05) is 131 Å². The van der Waals surface area contributed by atoms with E-state index in [1.165, 1.54) is 22.3 Å². The summed E-state index contributed by atoms with van der Waals surface area (Å²) in [5.74, 6) is 5.01. The molecule has 1 unspecified atom stereocenters. The molecule has 3 aromatic heterocycles. The molecule has 0 spiro atoms. The van der Waals surface area contributed by atoms with Crippen molar-refractivity contribution in [2.75, 3.05) is 119 Å². The Morgan fingerprint density at radius 2 is 0.688 bits per heavy atom. The fraction of sp³-hybridized carbons (Fsp3) is 0.195. The van der Waals surface area contributed by atoms with Gasteiger partial charge in [-0.25, -0.2) is 29.9 Å². The third-order valence-electron chi connectivity index (χ3n) is 17.3. The number of nitrogens with zero attached hydrogens (tertiary/aromatic N) is 10. The SMILES string of the molecule is CN(C)c1ccc(-c2nc(NCC(c3ccccc3)N3CCOCC3)c3ccccc3n2)cc1.CN(C)c1ccc(-c2nc(NCC(c3ccccc3)c3ccccc3)c3ccccc3n2)cc1.CN(C)c1ccc(-c2nc(NCCc3ccccc3)c3ccccc3n2)cc1. The summed E-state index contributed by atoms with van der Waals surface area (Å²) in [6.07, 6.45) is 0.950. The Hall–Kier alpha value is -11.1. The summed E-state index contributed by atoms with van der Waals surface area (Å²) in [7, 11) is 12.2. The van der Waals surface area contributed by atoms with E-state index < -0.39 is 0 Å². The molecule has 3 N–H and O–H groups in total. The quantitative estimate of drug-likeness (QED) is 0.0668. The number of para-hydroxylation sites is 3. The molecule has 1 aliphatic rings. The molecule has 14 heteroatoms. The molecular weight excluding hydrogens is 1180 g/mol. The van der Waals surface area contributed by atoms with Gasteiger partial charge in [0.05, 0.1) is 35.8 Å². The Balaban J connectivity index is 0.000000138. The first kappa shape index (κ1) is 65.0. The van der Waals surface area contributed by atoms with Gasteiger partial charge in [0.15, 0.2) is 17.5 Å². The molecule has 1 saturated heterocycles. The van der Waals surface area contributed by atoms with Crippen LogP contribution in [0.5, 0.6) is 0 Å². The smallest absolute Gasteiger partial charge is 0.162 e. The normalized spacial score (nSPS) is 12.4. The molecule has 0 radical (unpaired) electrons. The number of ether oxygens (including phenoxy) is 1. The predicted molar refractivity (Wildman–Crippen MR) is 400 cm³/mol. The predicted octanol–water partition coefficient (Wildman–Crippen LogP) is 16.5. The summed E-state index contributed by atoms with van der Waals surface area (Å²) in [5, 5.41) is 14.0. The van der Waals surface area contributed by atoms with Crippen molar-refractivity contribution in [3.8, 4) is 34.2 Å². The van der Waals surface area contributed by atoms with Crippen LogP contribution in [0, 0.1) is 0 Å². The van der Waals surface area contributed by atoms with Crippen molar-refractivity contribution in [1.29, 1.82) is 0 Å². The van der Waals surface area contributed by atoms with Gasteiger partial charge in [-0.2, -0.15) is 0 Å². The molecule has 0 aliphatic carbocycles. The first-order valence-corrected chi connectivity index (χ1v) is 32.9. The van der Waals surface area contributed by atoms with Gasteiger partial charge in [0.25, 0.3) is 0 Å². The summed E-state index contributed by atoms with van der Waals surface area (Å²) in [5.41, 5.74) is 14.5. The van der Waals surface area contributed by atoms with Gasteiger partial charge >= 0.3 is 0 Å². The van der Waals surface area contributed by atoms with Crippen LogP contribution in [0.25, 0.3) is 66.9 Å². The standard InChI is InChI=1S/C30H28N4.C28H31N5O.C24H24N4/c1-34(2)25-19-17-24(18-20-25)29-32-28-16-10-9-15-26(28)30(33-29)31-21-27(22-11-5-3-6-12-22)23-13-7-4-8-14-23;1-32(2)23-14-12-22(13-15-23)27-30-25-11-7-6-10-24(25)28(31-27)29-20-26(21-8-4-3-5-9-21)33-16-18-34-19-17-33;1-28(2)20-14-12-19(13-15-20)23-26-22-11-7-6-10-21(22)24(27-23)25-17-16-18-8-4-3-5-9-18/h3-20,27H,21H2,1-2H3,(H,31,32,33);3-15,26H,16-20H2,1-2H3,(H,29,30,31);3-15H,16-17H2,1-2H3,(H,25,26,27). The van der Waals surface area contributed by atoms with E-state index in [0.717, 1.165) is 154 Å². The van der Waals surface area contributed by atoms with Crippen LogP contribution < -0.4 is 30.7 Å². The van der Waals surface area contributed by atoms with Crippen LogP contribution in [0.2, 0.25) is 0 Å². The lowest BCUT2D eigenvalue weighted by atomic mass is 9.91. The number of morpholine rings is 1. The number of nitrogens with one attached hydrogen (secondary N) is 3. The zero-order valence-electron chi connectivity index (χ0n) is 55.6. The first-order chi connectivity index (χ1) is 47.1. The number of aromatic nitrogens is 6. The molecule has 0 saturated carbocycles. The monoisotopic (exact) mass is 1270 g/mol. The van der Waals surface area contributed by atoms with Crippen LogP contribution in [0.15, 0.2) is 267 Å². The minimum absolute atomic E-state index is 0.207. The largest absolute Gasteiger partial charge is 0.379 e. The number of rotatable bonds is 20. The lowest BCUT2D eigenvalue weighted by molar-refractivity contribution is 0.0187. The maximum atomic E-state index is 5.61. The van der Waals surface area contributed by atoms with Gasteiger partial charge in [-0.05, 0) is 138 Å². The Morgan fingerprint density at radius 1 is 0.354 bits per heavy atom. The highest BCUT2D eigenvalue weighted by Crippen LogP contribution is 2.33. The number of hydrogen-bond acceptors (Lipinski definition) is 14. The van der Waals surface area contributed by atoms with Gasteiger partial charge < -0.3 is 35.4 Å². The maximum absolute atomic E-state index is 5.61. The van der Waals surface area contributed by atoms with Crippen LogP contribution in [0.4, 0.5) is 34.5 Å². The summed E-state index contributed by atoms with van der Waals surface area (Å²) in [6, 6.07) is 92.3. The molecule has 1 fully saturated rings. The summed E-state index contributed by atoms with van der Waals surface area (Å²) in [4.78, 5) is 38.1. The minimum Gasteiger partial charge on any atom is -0.379 e. The zero-order chi connectivity index (χ0) is 66.0. The van der Waals surface area contributed by atoms with E-state index in [1.807, 2.05) is 96.9 Å². The van der Waals surface area contributed by atoms with E-state index >= 15 is 0 Å². The van der Waals surface area contributed by atoms with Crippen molar-refractivity contribution < 1.29 is 4.74 Å². The van der Waals surface area contributed by atoms with Crippen molar-refractivity contribution in [2.45, 2.75) is 18.4 Å². The number of anilines is 6. The van der Waals surface area contributed by atoms with Crippen LogP contribution in [0.1, 0.15) is 34.2 Å². The molecule has 4 heterocycles. The molecule has 0 bridgehead atoms. The molecule has 482 valence electrons. The van der Waals surface area contributed by atoms with Crippen molar-refractivity contribution >= 4 is 67.2 Å². The van der Waals surface area contributed by atoms with E-state index in [0.29, 0.717) is 0 Å². The number of benzene rings is 10. The second-order valence-corrected chi connectivity index (χ2v) is 24.4. The second kappa shape index (κ2) is 31.7. The lowest BCUT2D eigenvalue weighted by Gasteiger charge is -2.35. The number of fused-ring (bicyclic) bond motifs is 3. The average Bonchev–Trinajstić information content (AvgIpc) is 0.882. The van der Waals surface area contributed by atoms with E-state index in [9.17, 15) is 0 Å². The van der Waals surface area contributed by atoms with Crippen molar-refractivity contribution in [2.24, 2.45) is 0 Å². The Kier molecular flexibility index (Phi) is 21.5. The highest BCUT2D eigenvalue weighted by Gasteiger charge is 2.24. The van der Waals surface area contributed by atoms with Crippen LogP contribution in [-0.4, -0.2) is 123 Å². The summed E-state index contributed by atoms with van der Waals surface area (Å²) < 4.78 is 5.61. The minimum atomic E-state index is 0.207. The van der Waals surface area contributed by atoms with Gasteiger partial charge in [0.2, 0.25) is 0 Å². The Bertz CT molecular complexity index is 4540. The summed E-state index contributed by atoms with van der Waals surface area (Å²) in [6.45, 7) is 5.70. The van der Waals surface area contributed by atoms with E-state index in [2.05, 4.69) is 248 Å². The Morgan fingerprint density at radius 3 is 1.07 bits per heavy atom. The molecule has 14 nitrogen and oxygen atoms in total. The van der Waals surface area contributed by atoms with Crippen molar-refractivity contribution in [1.82, 2.24) is 34.8 Å². The maximum Gasteiger partial charge on any atom is 0.162 e. The first-order valence-electron chi connectivity index (χ1n) is 32.9. The van der Waals surface area contributed by atoms with E-state index in [-0.39, 0.29) is 12.0 Å². The fourth-order valence-electron chi connectivity index (χ4n) is 11.9. The van der Waals surface area contributed by atoms with Crippen LogP contribution in [0.3, 0.4) is 0 Å². The molecular formula is C82H83N13O. The van der Waals surface area contributed by atoms with Gasteiger partial charge in [0.1, 0.15) is 17.5 Å². The van der Waals surface area contributed by atoms with E-state index in [1.54, 1.807) is 0 Å². The molecule has 1 aliphatic heterocycles. The highest BCUT2D eigenvalue weighted by molar-refractivity contribution is 5.93. The molecule has 96 heavy (non-hydrogen) atoms. The molecule has 14 rings (SSSR count). The third-order valence-corrected chi connectivity index (χ3v) is 17.3. The molecule has 1 atom stereocenters. The third kappa shape index (κ3) is 16.5. The second-order valence-electron chi connectivity index (χ2n) is 24.4. The van der Waals surface area contributed by atoms with Crippen LogP contribution in [-0.2, 0) is 11.2 Å². The molecule has 0 amide bonds. The summed E-state index contributed by atoms with van der Waals surface area (Å²) >= 11 is 0. The van der Waals surface area contributed by atoms with Gasteiger partial charge in [-0.3, -0.25) is 4.90 Å². The fourth-order valence-corrected chi connectivity index (χ4v) is 11.9. The Labute approximate surface area is 564 Å². The highest BCUT2D eigenvalue weighted by atomic mass is 16.5. The van der Waals surface area contributed by atoms with E-state index in [4.69, 9.17) is 34.6 Å². The van der Waals surface area contributed by atoms with Crippen LogP contribution >= 0.6 is 0 Å². The molecule has 13 aromatic rings. The van der Waals surface area contributed by atoms with Gasteiger partial charge in [-0.15, -0.1) is 0 Å². The van der Waals surface area contributed by atoms with Gasteiger partial charge in [-0.1, -0.05) is 158 Å². The average molecular weight is 1270 g/mol. The van der Waals surface area contributed by atoms with Crippen molar-refractivity contribution in [3.05, 3.63) is 289 Å².